The van der Waals surface area contributed by atoms with Gasteiger partial charge in [-0.15, -0.1) is 0 Å². The Bertz CT molecular complexity index is 365. The zero-order valence-electron chi connectivity index (χ0n) is 9.99. The Hall–Kier alpha value is -1.22. The minimum absolute atomic E-state index is 0.372. The molecule has 3 nitrogen and oxygen atoms in total. The Kier molecular flexibility index (Phi) is 3.34. The predicted molar refractivity (Wildman–Crippen MR) is 67.0 cm³/mol. The molecule has 0 amide bonds. The lowest BCUT2D eigenvalue weighted by Crippen LogP contribution is -2.20. The Morgan fingerprint density at radius 3 is 2.75 bits per heavy atom. The number of rotatable bonds is 3. The van der Waals surface area contributed by atoms with Crippen molar-refractivity contribution >= 4 is 5.69 Å². The first-order valence-corrected chi connectivity index (χ1v) is 5.86. The first-order chi connectivity index (χ1) is 7.69. The lowest BCUT2D eigenvalue weighted by molar-refractivity contribution is 0.412. The van der Waals surface area contributed by atoms with E-state index in [2.05, 4.69) is 24.4 Å². The summed E-state index contributed by atoms with van der Waals surface area (Å²) in [6.45, 7) is 2.06. The van der Waals surface area contributed by atoms with Crippen molar-refractivity contribution in [2.24, 2.45) is 5.73 Å². The Labute approximate surface area is 97.0 Å². The number of benzene rings is 1. The summed E-state index contributed by atoms with van der Waals surface area (Å²) in [6, 6.07) is 7.10. The van der Waals surface area contributed by atoms with Gasteiger partial charge < -0.3 is 15.8 Å². The normalized spacial score (nSPS) is 24.4. The van der Waals surface area contributed by atoms with E-state index in [9.17, 15) is 0 Å². The van der Waals surface area contributed by atoms with Gasteiger partial charge in [0.1, 0.15) is 5.75 Å². The maximum absolute atomic E-state index is 5.89. The summed E-state index contributed by atoms with van der Waals surface area (Å²) in [6.07, 6.45) is 3.38. The molecule has 1 aromatic rings. The van der Waals surface area contributed by atoms with Crippen LogP contribution >= 0.6 is 0 Å². The van der Waals surface area contributed by atoms with Crippen LogP contribution in [0.15, 0.2) is 18.2 Å². The molecule has 0 radical (unpaired) electrons. The summed E-state index contributed by atoms with van der Waals surface area (Å²) in [4.78, 5) is 0. The molecule has 2 unspecified atom stereocenters. The smallest absolute Gasteiger partial charge is 0.121 e. The zero-order chi connectivity index (χ0) is 11.5. The molecule has 1 fully saturated rings. The first kappa shape index (κ1) is 11.3. The second-order valence-electron chi connectivity index (χ2n) is 4.60. The molecule has 1 aliphatic carbocycles. The predicted octanol–water partition coefficient (Wildman–Crippen LogP) is 2.30. The van der Waals surface area contributed by atoms with Gasteiger partial charge in [-0.1, -0.05) is 0 Å². The van der Waals surface area contributed by atoms with Crippen molar-refractivity contribution in [2.75, 3.05) is 12.4 Å². The van der Waals surface area contributed by atoms with E-state index in [1.807, 2.05) is 6.07 Å². The maximum atomic E-state index is 5.89. The number of ether oxygens (including phenoxy) is 1. The molecule has 3 N–H and O–H groups in total. The fourth-order valence-corrected chi connectivity index (χ4v) is 2.35. The van der Waals surface area contributed by atoms with Crippen molar-refractivity contribution in [1.29, 1.82) is 0 Å². The van der Waals surface area contributed by atoms with Gasteiger partial charge in [0.05, 0.1) is 7.11 Å². The molecule has 0 saturated heterocycles. The quantitative estimate of drug-likeness (QED) is 0.821. The van der Waals surface area contributed by atoms with Gasteiger partial charge in [-0.25, -0.2) is 0 Å². The van der Waals surface area contributed by atoms with Crippen LogP contribution in [0.4, 0.5) is 5.69 Å². The SMILES string of the molecule is COc1ccc(NC2CCC(N)C2)cc1C. The van der Waals surface area contributed by atoms with E-state index in [1.54, 1.807) is 7.11 Å². The third kappa shape index (κ3) is 2.47. The number of aryl methyl sites for hydroxylation is 1. The van der Waals surface area contributed by atoms with Gasteiger partial charge in [0, 0.05) is 17.8 Å². The highest BCUT2D eigenvalue weighted by atomic mass is 16.5. The summed E-state index contributed by atoms with van der Waals surface area (Å²) >= 11 is 0. The minimum Gasteiger partial charge on any atom is -0.496 e. The van der Waals surface area contributed by atoms with E-state index in [0.29, 0.717) is 12.1 Å². The number of nitrogens with two attached hydrogens (primary N) is 1. The van der Waals surface area contributed by atoms with Crippen molar-refractivity contribution in [2.45, 2.75) is 38.3 Å². The molecule has 1 saturated carbocycles. The van der Waals surface area contributed by atoms with E-state index in [4.69, 9.17) is 10.5 Å². The highest BCUT2D eigenvalue weighted by Crippen LogP contribution is 2.25. The van der Waals surface area contributed by atoms with E-state index in [1.165, 1.54) is 6.42 Å². The third-order valence-corrected chi connectivity index (χ3v) is 3.24. The highest BCUT2D eigenvalue weighted by Gasteiger charge is 2.21. The lowest BCUT2D eigenvalue weighted by atomic mass is 10.1. The number of methoxy groups -OCH3 is 1. The van der Waals surface area contributed by atoms with E-state index in [-0.39, 0.29) is 0 Å². The number of nitrogens with one attached hydrogen (secondary N) is 1. The number of hydrogen-bond donors (Lipinski definition) is 2. The summed E-state index contributed by atoms with van der Waals surface area (Å²) < 4.78 is 5.24. The molecule has 3 heteroatoms. The number of hydrogen-bond acceptors (Lipinski definition) is 3. The molecule has 1 aromatic carbocycles. The van der Waals surface area contributed by atoms with Crippen molar-refractivity contribution in [1.82, 2.24) is 0 Å². The van der Waals surface area contributed by atoms with Gasteiger partial charge in [0.15, 0.2) is 0 Å². The molecule has 0 bridgehead atoms. The standard InChI is InChI=1S/C13H20N2O/c1-9-7-11(5-6-13(9)16-2)15-12-4-3-10(14)8-12/h5-7,10,12,15H,3-4,8,14H2,1-2H3. The fourth-order valence-electron chi connectivity index (χ4n) is 2.35. The van der Waals surface area contributed by atoms with Crippen LogP contribution in [0.2, 0.25) is 0 Å². The molecule has 0 spiro atoms. The Balaban J connectivity index is 2.02. The van der Waals surface area contributed by atoms with Crippen LogP contribution in [0.5, 0.6) is 5.75 Å². The molecule has 0 aromatic heterocycles. The van der Waals surface area contributed by atoms with Crippen molar-refractivity contribution in [3.8, 4) is 5.75 Å². The minimum atomic E-state index is 0.372. The Morgan fingerprint density at radius 2 is 2.19 bits per heavy atom. The van der Waals surface area contributed by atoms with Gasteiger partial charge in [-0.05, 0) is 49.9 Å². The second kappa shape index (κ2) is 4.74. The molecule has 0 aliphatic heterocycles. The van der Waals surface area contributed by atoms with E-state index >= 15 is 0 Å². The average molecular weight is 220 g/mol. The molecule has 1 aliphatic rings. The van der Waals surface area contributed by atoms with Gasteiger partial charge in [-0.2, -0.15) is 0 Å². The monoisotopic (exact) mass is 220 g/mol. The Morgan fingerprint density at radius 1 is 1.38 bits per heavy atom. The molecule has 2 atom stereocenters. The van der Waals surface area contributed by atoms with Gasteiger partial charge in [0.25, 0.3) is 0 Å². The van der Waals surface area contributed by atoms with Gasteiger partial charge in [-0.3, -0.25) is 0 Å². The fraction of sp³-hybridized carbons (Fsp3) is 0.538. The largest absolute Gasteiger partial charge is 0.496 e. The molecule has 16 heavy (non-hydrogen) atoms. The van der Waals surface area contributed by atoms with Crippen molar-refractivity contribution < 1.29 is 4.74 Å². The molecule has 0 heterocycles. The topological polar surface area (TPSA) is 47.3 Å². The van der Waals surface area contributed by atoms with Gasteiger partial charge in [0.2, 0.25) is 0 Å². The van der Waals surface area contributed by atoms with Crippen LogP contribution in [0.1, 0.15) is 24.8 Å². The summed E-state index contributed by atoms with van der Waals surface area (Å²) in [7, 11) is 1.70. The second-order valence-corrected chi connectivity index (χ2v) is 4.60. The average Bonchev–Trinajstić information content (AvgIpc) is 2.64. The van der Waals surface area contributed by atoms with Crippen LogP contribution < -0.4 is 15.8 Å². The van der Waals surface area contributed by atoms with E-state index < -0.39 is 0 Å². The molecule has 2 rings (SSSR count). The van der Waals surface area contributed by atoms with E-state index in [0.717, 1.165) is 29.8 Å². The van der Waals surface area contributed by atoms with Crippen LogP contribution in [-0.4, -0.2) is 19.2 Å². The third-order valence-electron chi connectivity index (χ3n) is 3.24. The summed E-state index contributed by atoms with van der Waals surface area (Å²) in [5, 5.41) is 3.53. The van der Waals surface area contributed by atoms with Crippen molar-refractivity contribution in [3.63, 3.8) is 0 Å². The molecular weight excluding hydrogens is 200 g/mol. The van der Waals surface area contributed by atoms with Crippen LogP contribution in [0.25, 0.3) is 0 Å². The van der Waals surface area contributed by atoms with Crippen LogP contribution in [0, 0.1) is 6.92 Å². The van der Waals surface area contributed by atoms with Crippen LogP contribution in [-0.2, 0) is 0 Å². The highest BCUT2D eigenvalue weighted by molar-refractivity contribution is 5.51. The number of anilines is 1. The molecular formula is C13H20N2O. The summed E-state index contributed by atoms with van der Waals surface area (Å²) in [5.41, 5.74) is 8.22. The first-order valence-electron chi connectivity index (χ1n) is 5.86. The zero-order valence-corrected chi connectivity index (χ0v) is 9.99. The van der Waals surface area contributed by atoms with Gasteiger partial charge >= 0.3 is 0 Å². The summed E-state index contributed by atoms with van der Waals surface area (Å²) in [5.74, 6) is 0.939. The lowest BCUT2D eigenvalue weighted by Gasteiger charge is -2.15. The van der Waals surface area contributed by atoms with Crippen LogP contribution in [0.3, 0.4) is 0 Å². The maximum Gasteiger partial charge on any atom is 0.121 e. The molecule has 88 valence electrons. The van der Waals surface area contributed by atoms with Crippen molar-refractivity contribution in [3.05, 3.63) is 23.8 Å².